The zero-order valence-electron chi connectivity index (χ0n) is 12.4. The van der Waals surface area contributed by atoms with Gasteiger partial charge in [-0.2, -0.15) is 15.0 Å². The van der Waals surface area contributed by atoms with Crippen molar-refractivity contribution in [1.82, 2.24) is 15.0 Å². The molecule has 2 aromatic rings. The van der Waals surface area contributed by atoms with E-state index in [0.29, 0.717) is 11.9 Å². The van der Waals surface area contributed by atoms with E-state index >= 15 is 0 Å². The molecule has 5 nitrogen and oxygen atoms in total. The lowest BCUT2D eigenvalue weighted by Crippen LogP contribution is -2.07. The fourth-order valence-corrected chi connectivity index (χ4v) is 2.05. The number of aryl methyl sites for hydroxylation is 1. The summed E-state index contributed by atoms with van der Waals surface area (Å²) in [6, 6.07) is 8.24. The highest BCUT2D eigenvalue weighted by Gasteiger charge is 2.05. The lowest BCUT2D eigenvalue weighted by molar-refractivity contribution is 0.922. The van der Waals surface area contributed by atoms with Gasteiger partial charge in [-0.05, 0) is 42.1 Å². The zero-order chi connectivity index (χ0) is 15.1. The van der Waals surface area contributed by atoms with Crippen LogP contribution in [0.1, 0.15) is 32.3 Å². The molecule has 2 rings (SSSR count). The second kappa shape index (κ2) is 7.78. The molecular formula is C15H20ClN5. The van der Waals surface area contributed by atoms with Gasteiger partial charge in [0.1, 0.15) is 0 Å². The molecule has 21 heavy (non-hydrogen) atoms. The molecule has 0 aliphatic carbocycles. The van der Waals surface area contributed by atoms with Crippen molar-refractivity contribution >= 4 is 29.2 Å². The summed E-state index contributed by atoms with van der Waals surface area (Å²) in [5.74, 6) is 0.929. The Morgan fingerprint density at radius 1 is 0.952 bits per heavy atom. The molecular weight excluding hydrogens is 286 g/mol. The molecule has 0 aliphatic heterocycles. The average molecular weight is 306 g/mol. The maximum atomic E-state index is 5.92. The minimum absolute atomic E-state index is 0.175. The first-order valence-electron chi connectivity index (χ1n) is 7.22. The molecule has 0 saturated heterocycles. The Kier molecular flexibility index (Phi) is 5.75. The summed E-state index contributed by atoms with van der Waals surface area (Å²) in [5, 5.41) is 6.42. The fraction of sp³-hybridized carbons (Fsp3) is 0.400. The largest absolute Gasteiger partial charge is 0.354 e. The maximum absolute atomic E-state index is 5.92. The minimum atomic E-state index is 0.175. The van der Waals surface area contributed by atoms with E-state index in [1.807, 2.05) is 12.1 Å². The van der Waals surface area contributed by atoms with Crippen molar-refractivity contribution in [2.75, 3.05) is 17.2 Å². The van der Waals surface area contributed by atoms with Crippen LogP contribution in [0.25, 0.3) is 0 Å². The van der Waals surface area contributed by atoms with Crippen molar-refractivity contribution in [2.45, 2.75) is 33.1 Å². The van der Waals surface area contributed by atoms with Crippen LogP contribution in [0.3, 0.4) is 0 Å². The Morgan fingerprint density at radius 3 is 2.33 bits per heavy atom. The first-order valence-corrected chi connectivity index (χ1v) is 7.60. The molecule has 2 N–H and O–H groups in total. The van der Waals surface area contributed by atoms with E-state index in [-0.39, 0.29) is 5.28 Å². The van der Waals surface area contributed by atoms with Crippen molar-refractivity contribution in [3.05, 3.63) is 35.1 Å². The van der Waals surface area contributed by atoms with Crippen molar-refractivity contribution in [3.63, 3.8) is 0 Å². The van der Waals surface area contributed by atoms with Crippen LogP contribution in [0, 0.1) is 0 Å². The third-order valence-corrected chi connectivity index (χ3v) is 3.06. The van der Waals surface area contributed by atoms with Crippen LogP contribution in [0.15, 0.2) is 24.3 Å². The van der Waals surface area contributed by atoms with Gasteiger partial charge in [0, 0.05) is 12.2 Å². The molecule has 0 aliphatic rings. The van der Waals surface area contributed by atoms with Crippen molar-refractivity contribution < 1.29 is 0 Å². The van der Waals surface area contributed by atoms with E-state index in [2.05, 4.69) is 51.6 Å². The van der Waals surface area contributed by atoms with E-state index in [1.165, 1.54) is 5.56 Å². The molecule has 0 unspecified atom stereocenters. The number of halogens is 1. The molecule has 1 aromatic heterocycles. The summed E-state index contributed by atoms with van der Waals surface area (Å²) in [6.45, 7) is 5.04. The van der Waals surface area contributed by atoms with Crippen molar-refractivity contribution in [1.29, 1.82) is 0 Å². The third kappa shape index (κ3) is 4.86. The normalized spacial score (nSPS) is 10.4. The van der Waals surface area contributed by atoms with Gasteiger partial charge in [0.2, 0.25) is 17.2 Å². The number of aromatic nitrogens is 3. The number of hydrogen-bond donors (Lipinski definition) is 2. The van der Waals surface area contributed by atoms with Crippen LogP contribution >= 0.6 is 11.6 Å². The van der Waals surface area contributed by atoms with Crippen molar-refractivity contribution in [3.8, 4) is 0 Å². The molecule has 0 fully saturated rings. The zero-order valence-corrected chi connectivity index (χ0v) is 13.1. The quantitative estimate of drug-likeness (QED) is 0.808. The molecule has 0 amide bonds. The number of anilines is 3. The predicted octanol–water partition coefficient (Wildman–Crippen LogP) is 4.04. The van der Waals surface area contributed by atoms with E-state index in [4.69, 9.17) is 11.6 Å². The SMILES string of the molecule is CCCNc1nc(Cl)nc(Nc2ccc(CCC)cc2)n1. The summed E-state index contributed by atoms with van der Waals surface area (Å²) >= 11 is 5.92. The molecule has 1 aromatic carbocycles. The van der Waals surface area contributed by atoms with Crippen LogP contribution in [-0.4, -0.2) is 21.5 Å². The smallest absolute Gasteiger partial charge is 0.233 e. The number of benzene rings is 1. The Hall–Kier alpha value is -1.88. The highest BCUT2D eigenvalue weighted by atomic mass is 35.5. The minimum Gasteiger partial charge on any atom is -0.354 e. The summed E-state index contributed by atoms with van der Waals surface area (Å²) in [6.07, 6.45) is 3.22. The highest BCUT2D eigenvalue weighted by Crippen LogP contribution is 2.17. The third-order valence-electron chi connectivity index (χ3n) is 2.89. The Balaban J connectivity index is 2.09. The highest BCUT2D eigenvalue weighted by molar-refractivity contribution is 6.28. The predicted molar refractivity (Wildman–Crippen MR) is 87.3 cm³/mol. The molecule has 0 saturated carbocycles. The van der Waals surface area contributed by atoms with E-state index in [9.17, 15) is 0 Å². The summed E-state index contributed by atoms with van der Waals surface area (Å²) in [5.41, 5.74) is 2.25. The summed E-state index contributed by atoms with van der Waals surface area (Å²) in [7, 11) is 0. The van der Waals surface area contributed by atoms with Gasteiger partial charge in [0.15, 0.2) is 0 Å². The Labute approximate surface area is 130 Å². The summed E-state index contributed by atoms with van der Waals surface area (Å²) < 4.78 is 0. The molecule has 0 bridgehead atoms. The van der Waals surface area contributed by atoms with Gasteiger partial charge < -0.3 is 10.6 Å². The molecule has 6 heteroatoms. The number of nitrogens with one attached hydrogen (secondary N) is 2. The van der Waals surface area contributed by atoms with Gasteiger partial charge in [0.25, 0.3) is 0 Å². The van der Waals surface area contributed by atoms with Crippen LogP contribution in [0.5, 0.6) is 0 Å². The van der Waals surface area contributed by atoms with Gasteiger partial charge >= 0.3 is 0 Å². The van der Waals surface area contributed by atoms with Crippen LogP contribution in [0.4, 0.5) is 17.6 Å². The first-order chi connectivity index (χ1) is 10.2. The molecule has 1 heterocycles. The van der Waals surface area contributed by atoms with Gasteiger partial charge in [-0.15, -0.1) is 0 Å². The second-order valence-electron chi connectivity index (χ2n) is 4.75. The second-order valence-corrected chi connectivity index (χ2v) is 5.09. The summed E-state index contributed by atoms with van der Waals surface area (Å²) in [4.78, 5) is 12.4. The monoisotopic (exact) mass is 305 g/mol. The molecule has 0 radical (unpaired) electrons. The Morgan fingerprint density at radius 2 is 1.67 bits per heavy atom. The van der Waals surface area contributed by atoms with Crippen LogP contribution < -0.4 is 10.6 Å². The lowest BCUT2D eigenvalue weighted by Gasteiger charge is -2.08. The standard InChI is InChI=1S/C15H20ClN5/c1-3-5-11-6-8-12(9-7-11)18-15-20-13(16)19-14(21-15)17-10-4-2/h6-9H,3-5,10H2,1-2H3,(H2,17,18,19,20,21). The van der Waals surface area contributed by atoms with Crippen LogP contribution in [-0.2, 0) is 6.42 Å². The van der Waals surface area contributed by atoms with Crippen molar-refractivity contribution in [2.24, 2.45) is 0 Å². The van der Waals surface area contributed by atoms with Gasteiger partial charge in [-0.3, -0.25) is 0 Å². The number of nitrogens with zero attached hydrogens (tertiary/aromatic N) is 3. The molecule has 112 valence electrons. The number of hydrogen-bond acceptors (Lipinski definition) is 5. The molecule has 0 atom stereocenters. The van der Waals surface area contributed by atoms with E-state index in [1.54, 1.807) is 0 Å². The van der Waals surface area contributed by atoms with Gasteiger partial charge in [-0.25, -0.2) is 0 Å². The first kappa shape index (κ1) is 15.5. The topological polar surface area (TPSA) is 62.7 Å². The van der Waals surface area contributed by atoms with Gasteiger partial charge in [-0.1, -0.05) is 32.4 Å². The van der Waals surface area contributed by atoms with Crippen LogP contribution in [0.2, 0.25) is 5.28 Å². The number of rotatable bonds is 7. The van der Waals surface area contributed by atoms with E-state index in [0.717, 1.165) is 31.5 Å². The van der Waals surface area contributed by atoms with E-state index < -0.39 is 0 Å². The average Bonchev–Trinajstić information content (AvgIpc) is 2.47. The molecule has 0 spiro atoms. The van der Waals surface area contributed by atoms with Gasteiger partial charge in [0.05, 0.1) is 0 Å². The fourth-order valence-electron chi connectivity index (χ4n) is 1.89. The lowest BCUT2D eigenvalue weighted by atomic mass is 10.1. The maximum Gasteiger partial charge on any atom is 0.233 e. The Bertz CT molecular complexity index is 571.